The Hall–Kier alpha value is -2.61. The van der Waals surface area contributed by atoms with Crippen molar-refractivity contribution < 1.29 is 17.9 Å². The van der Waals surface area contributed by atoms with Gasteiger partial charge in [-0.3, -0.25) is 9.67 Å². The molecule has 0 amide bonds. The van der Waals surface area contributed by atoms with Gasteiger partial charge in [-0.05, 0) is 42.5 Å². The Labute approximate surface area is 140 Å². The molecular formula is C16H12F3N3OS. The lowest BCUT2D eigenvalue weighted by Gasteiger charge is -2.11. The first-order chi connectivity index (χ1) is 11.4. The standard InChI is InChI=1S/C16H12F3N3OS/c17-16(18,19)11-5-4-8-13(9-11)23-10-14-20-21-15(24)22(14)12-6-2-1-3-7-12/h1-9H,10H2,(H,21,24). The van der Waals surface area contributed by atoms with Crippen molar-refractivity contribution in [2.45, 2.75) is 12.8 Å². The molecule has 0 saturated carbocycles. The number of hydrogen-bond donors (Lipinski definition) is 1. The lowest BCUT2D eigenvalue weighted by molar-refractivity contribution is -0.137. The lowest BCUT2D eigenvalue weighted by Crippen LogP contribution is -2.07. The highest BCUT2D eigenvalue weighted by atomic mass is 32.1. The molecule has 0 saturated heterocycles. The van der Waals surface area contributed by atoms with Crippen LogP contribution in [0, 0.1) is 4.77 Å². The summed E-state index contributed by atoms with van der Waals surface area (Å²) in [6, 6.07) is 14.0. The van der Waals surface area contributed by atoms with Gasteiger partial charge in [-0.1, -0.05) is 24.3 Å². The molecule has 1 aromatic heterocycles. The van der Waals surface area contributed by atoms with Crippen LogP contribution in [0.3, 0.4) is 0 Å². The highest BCUT2D eigenvalue weighted by Gasteiger charge is 2.30. The minimum absolute atomic E-state index is 0.0245. The van der Waals surface area contributed by atoms with Crippen LogP contribution in [0.2, 0.25) is 0 Å². The van der Waals surface area contributed by atoms with Gasteiger partial charge in [-0.15, -0.1) is 0 Å². The molecule has 0 aliphatic heterocycles. The van der Waals surface area contributed by atoms with Crippen molar-refractivity contribution in [3.63, 3.8) is 0 Å². The maximum Gasteiger partial charge on any atom is 0.416 e. The number of nitrogens with one attached hydrogen (secondary N) is 1. The third kappa shape index (κ3) is 3.48. The fraction of sp³-hybridized carbons (Fsp3) is 0.125. The monoisotopic (exact) mass is 351 g/mol. The smallest absolute Gasteiger partial charge is 0.416 e. The second kappa shape index (κ2) is 6.48. The zero-order valence-corrected chi connectivity index (χ0v) is 13.1. The Morgan fingerprint density at radius 1 is 1.08 bits per heavy atom. The van der Waals surface area contributed by atoms with E-state index >= 15 is 0 Å². The summed E-state index contributed by atoms with van der Waals surface area (Å²) < 4.78 is 45.7. The van der Waals surface area contributed by atoms with Crippen molar-refractivity contribution in [2.75, 3.05) is 0 Å². The highest BCUT2D eigenvalue weighted by molar-refractivity contribution is 7.71. The first-order valence-corrected chi connectivity index (χ1v) is 7.38. The van der Waals surface area contributed by atoms with Gasteiger partial charge in [0.15, 0.2) is 10.6 Å². The molecule has 24 heavy (non-hydrogen) atoms. The van der Waals surface area contributed by atoms with E-state index in [9.17, 15) is 13.2 Å². The van der Waals surface area contributed by atoms with Crippen LogP contribution in [0.1, 0.15) is 11.4 Å². The first kappa shape index (κ1) is 16.3. The van der Waals surface area contributed by atoms with E-state index in [1.165, 1.54) is 12.1 Å². The molecule has 0 aliphatic rings. The Morgan fingerprint density at radius 2 is 1.83 bits per heavy atom. The van der Waals surface area contributed by atoms with Crippen molar-refractivity contribution >= 4 is 12.2 Å². The van der Waals surface area contributed by atoms with Gasteiger partial charge in [0.1, 0.15) is 12.4 Å². The van der Waals surface area contributed by atoms with E-state index in [1.807, 2.05) is 30.3 Å². The number of hydrogen-bond acceptors (Lipinski definition) is 3. The van der Waals surface area contributed by atoms with Gasteiger partial charge >= 0.3 is 6.18 Å². The number of nitrogens with zero attached hydrogens (tertiary/aromatic N) is 2. The molecule has 0 unspecified atom stereocenters. The first-order valence-electron chi connectivity index (χ1n) is 6.97. The second-order valence-corrected chi connectivity index (χ2v) is 5.32. The van der Waals surface area contributed by atoms with E-state index in [1.54, 1.807) is 4.57 Å². The lowest BCUT2D eigenvalue weighted by atomic mass is 10.2. The molecule has 2 aromatic carbocycles. The van der Waals surface area contributed by atoms with E-state index in [4.69, 9.17) is 17.0 Å². The number of halogens is 3. The van der Waals surface area contributed by atoms with Crippen LogP contribution in [0.15, 0.2) is 54.6 Å². The molecule has 4 nitrogen and oxygen atoms in total. The maximum absolute atomic E-state index is 12.7. The van der Waals surface area contributed by atoms with Crippen LogP contribution in [0.4, 0.5) is 13.2 Å². The minimum atomic E-state index is -4.41. The van der Waals surface area contributed by atoms with E-state index in [0.717, 1.165) is 17.8 Å². The van der Waals surface area contributed by atoms with E-state index in [-0.39, 0.29) is 12.4 Å². The number of para-hydroxylation sites is 1. The largest absolute Gasteiger partial charge is 0.486 e. The van der Waals surface area contributed by atoms with Crippen molar-refractivity contribution in [1.82, 2.24) is 14.8 Å². The number of ether oxygens (including phenoxy) is 1. The summed E-state index contributed by atoms with van der Waals surface area (Å²) in [5, 5.41) is 6.74. The van der Waals surface area contributed by atoms with Crippen molar-refractivity contribution in [2.24, 2.45) is 0 Å². The maximum atomic E-state index is 12.7. The molecule has 0 spiro atoms. The summed E-state index contributed by atoms with van der Waals surface area (Å²) in [5.41, 5.74) is 0.0285. The van der Waals surface area contributed by atoms with Gasteiger partial charge in [0.2, 0.25) is 0 Å². The SMILES string of the molecule is FC(F)(F)c1cccc(OCc2n[nH]c(=S)n2-c2ccccc2)c1. The van der Waals surface area contributed by atoms with Crippen LogP contribution in [0.25, 0.3) is 5.69 Å². The van der Waals surface area contributed by atoms with Crippen LogP contribution < -0.4 is 4.74 Å². The van der Waals surface area contributed by atoms with E-state index in [0.29, 0.717) is 10.6 Å². The van der Waals surface area contributed by atoms with Gasteiger partial charge in [0.25, 0.3) is 0 Å². The average molecular weight is 351 g/mol. The van der Waals surface area contributed by atoms with Gasteiger partial charge in [-0.2, -0.15) is 18.3 Å². The predicted octanol–water partition coefficient (Wildman–Crippen LogP) is 4.53. The summed E-state index contributed by atoms with van der Waals surface area (Å²) >= 11 is 5.20. The second-order valence-electron chi connectivity index (χ2n) is 4.93. The quantitative estimate of drug-likeness (QED) is 0.703. The van der Waals surface area contributed by atoms with Crippen LogP contribution in [-0.4, -0.2) is 14.8 Å². The highest BCUT2D eigenvalue weighted by Crippen LogP contribution is 2.31. The van der Waals surface area contributed by atoms with Crippen LogP contribution in [0.5, 0.6) is 5.75 Å². The molecule has 3 aromatic rings. The summed E-state index contributed by atoms with van der Waals surface area (Å²) in [5.74, 6) is 0.571. The van der Waals surface area contributed by atoms with Crippen LogP contribution in [-0.2, 0) is 12.8 Å². The molecule has 0 atom stereocenters. The topological polar surface area (TPSA) is 42.8 Å². The molecule has 3 rings (SSSR count). The average Bonchev–Trinajstić information content (AvgIpc) is 2.94. The predicted molar refractivity (Wildman–Crippen MR) is 84.5 cm³/mol. The number of H-pyrrole nitrogens is 1. The fourth-order valence-electron chi connectivity index (χ4n) is 2.18. The van der Waals surface area contributed by atoms with Crippen molar-refractivity contribution in [3.05, 3.63) is 70.8 Å². The molecule has 8 heteroatoms. The van der Waals surface area contributed by atoms with Crippen molar-refractivity contribution in [3.8, 4) is 11.4 Å². The van der Waals surface area contributed by atoms with Crippen LogP contribution >= 0.6 is 12.2 Å². The molecule has 0 aliphatic carbocycles. The fourth-order valence-corrected chi connectivity index (χ4v) is 2.44. The zero-order valence-electron chi connectivity index (χ0n) is 12.2. The number of aromatic amines is 1. The summed E-state index contributed by atoms with van der Waals surface area (Å²) in [4.78, 5) is 0. The minimum Gasteiger partial charge on any atom is -0.486 e. The molecule has 0 bridgehead atoms. The van der Waals surface area contributed by atoms with E-state index < -0.39 is 11.7 Å². The molecular weight excluding hydrogens is 339 g/mol. The van der Waals surface area contributed by atoms with Gasteiger partial charge in [0.05, 0.1) is 5.56 Å². The Morgan fingerprint density at radius 3 is 2.54 bits per heavy atom. The molecule has 1 heterocycles. The molecule has 124 valence electrons. The molecule has 1 N–H and O–H groups in total. The normalized spacial score (nSPS) is 11.5. The Balaban J connectivity index is 1.83. The molecule has 0 fully saturated rings. The third-order valence-electron chi connectivity index (χ3n) is 3.29. The summed E-state index contributed by atoms with van der Waals surface area (Å²) in [6.07, 6.45) is -4.41. The van der Waals surface area contributed by atoms with Gasteiger partial charge in [-0.25, -0.2) is 0 Å². The third-order valence-corrected chi connectivity index (χ3v) is 3.56. The number of aromatic nitrogens is 3. The summed E-state index contributed by atoms with van der Waals surface area (Å²) in [6.45, 7) is -0.0245. The Kier molecular flexibility index (Phi) is 4.39. The Bertz CT molecular complexity index is 887. The number of rotatable bonds is 4. The van der Waals surface area contributed by atoms with Gasteiger partial charge < -0.3 is 4.74 Å². The number of alkyl halides is 3. The zero-order chi connectivity index (χ0) is 17.2. The molecule has 0 radical (unpaired) electrons. The number of benzene rings is 2. The summed E-state index contributed by atoms with van der Waals surface area (Å²) in [7, 11) is 0. The van der Waals surface area contributed by atoms with E-state index in [2.05, 4.69) is 10.2 Å². The van der Waals surface area contributed by atoms with Gasteiger partial charge in [0, 0.05) is 5.69 Å². The van der Waals surface area contributed by atoms with Crippen molar-refractivity contribution in [1.29, 1.82) is 0 Å².